The zero-order valence-electron chi connectivity index (χ0n) is 18.7. The van der Waals surface area contributed by atoms with E-state index in [9.17, 15) is 9.59 Å². The van der Waals surface area contributed by atoms with E-state index >= 15 is 0 Å². The van der Waals surface area contributed by atoms with Gasteiger partial charge in [-0.05, 0) is 41.9 Å². The lowest BCUT2D eigenvalue weighted by molar-refractivity contribution is -0.0353. The topological polar surface area (TPSA) is 66.2 Å². The van der Waals surface area contributed by atoms with Crippen molar-refractivity contribution in [2.75, 3.05) is 52.4 Å². The Bertz CT molecular complexity index is 1110. The fourth-order valence-electron chi connectivity index (χ4n) is 4.73. The SMILES string of the molecule is O=C(c1ccc2ccccc2c1)N1CCCN(C[C@H]2CN(C(=O)c3ccoc3)CCO2)CC1. The van der Waals surface area contributed by atoms with Gasteiger partial charge in [0.2, 0.25) is 0 Å². The van der Waals surface area contributed by atoms with E-state index < -0.39 is 0 Å². The standard InChI is InChI=1S/C26H29N3O4/c30-25(22-7-6-20-4-1-2-5-21(20)16-22)28-10-3-9-27(11-12-28)17-24-18-29(13-15-33-24)26(31)23-8-14-32-19-23/h1-2,4-8,14,16,19,24H,3,9-13,15,17-18H2/t24-/m0/s1. The van der Waals surface area contributed by atoms with Crippen molar-refractivity contribution < 1.29 is 18.7 Å². The number of carbonyl (C=O) groups excluding carboxylic acids is 2. The van der Waals surface area contributed by atoms with Crippen molar-refractivity contribution in [3.05, 3.63) is 72.2 Å². The molecule has 0 spiro atoms. The van der Waals surface area contributed by atoms with Crippen molar-refractivity contribution in [2.24, 2.45) is 0 Å². The molecule has 7 heteroatoms. The van der Waals surface area contributed by atoms with Crippen LogP contribution in [0.25, 0.3) is 10.8 Å². The average Bonchev–Trinajstić information content (AvgIpc) is 3.30. The molecule has 0 N–H and O–H groups in total. The molecule has 3 heterocycles. The van der Waals surface area contributed by atoms with Gasteiger partial charge in [-0.25, -0.2) is 0 Å². The van der Waals surface area contributed by atoms with Gasteiger partial charge in [-0.1, -0.05) is 30.3 Å². The van der Waals surface area contributed by atoms with Crippen molar-refractivity contribution in [3.63, 3.8) is 0 Å². The molecule has 0 bridgehead atoms. The second kappa shape index (κ2) is 9.77. The molecule has 0 saturated carbocycles. The molecule has 2 aliphatic rings. The number of furan rings is 1. The number of ether oxygens (including phenoxy) is 1. The average molecular weight is 448 g/mol. The van der Waals surface area contributed by atoms with Gasteiger partial charge < -0.3 is 19.0 Å². The molecule has 1 atom stereocenters. The van der Waals surface area contributed by atoms with Crippen LogP contribution in [-0.2, 0) is 4.74 Å². The molecular weight excluding hydrogens is 418 g/mol. The molecular formula is C26H29N3O4. The van der Waals surface area contributed by atoms with Gasteiger partial charge >= 0.3 is 0 Å². The van der Waals surface area contributed by atoms with Crippen molar-refractivity contribution in [1.29, 1.82) is 0 Å². The van der Waals surface area contributed by atoms with Crippen LogP contribution < -0.4 is 0 Å². The first-order chi connectivity index (χ1) is 16.2. The lowest BCUT2D eigenvalue weighted by atomic mass is 10.1. The van der Waals surface area contributed by atoms with Crippen LogP contribution in [0.15, 0.2) is 65.5 Å². The molecule has 2 amide bonds. The molecule has 0 unspecified atom stereocenters. The third-order valence-corrected chi connectivity index (χ3v) is 6.53. The molecule has 2 fully saturated rings. The number of morpholine rings is 1. The molecule has 2 saturated heterocycles. The Morgan fingerprint density at radius 3 is 2.55 bits per heavy atom. The van der Waals surface area contributed by atoms with E-state index in [-0.39, 0.29) is 17.9 Å². The second-order valence-corrected chi connectivity index (χ2v) is 8.76. The van der Waals surface area contributed by atoms with Crippen LogP contribution in [0.3, 0.4) is 0 Å². The highest BCUT2D eigenvalue weighted by molar-refractivity contribution is 5.98. The van der Waals surface area contributed by atoms with Crippen LogP contribution in [0.2, 0.25) is 0 Å². The molecule has 33 heavy (non-hydrogen) atoms. The first-order valence-corrected chi connectivity index (χ1v) is 11.6. The van der Waals surface area contributed by atoms with Gasteiger partial charge in [0.1, 0.15) is 6.26 Å². The monoisotopic (exact) mass is 447 g/mol. The van der Waals surface area contributed by atoms with Gasteiger partial charge in [0.15, 0.2) is 0 Å². The van der Waals surface area contributed by atoms with E-state index in [4.69, 9.17) is 9.15 Å². The smallest absolute Gasteiger partial charge is 0.257 e. The predicted molar refractivity (Wildman–Crippen MR) is 125 cm³/mol. The van der Waals surface area contributed by atoms with Crippen LogP contribution in [0, 0.1) is 0 Å². The van der Waals surface area contributed by atoms with Gasteiger partial charge in [0, 0.05) is 44.8 Å². The maximum absolute atomic E-state index is 13.2. The number of hydrogen-bond acceptors (Lipinski definition) is 5. The van der Waals surface area contributed by atoms with Gasteiger partial charge in [0.05, 0.1) is 24.5 Å². The minimum Gasteiger partial charge on any atom is -0.472 e. The highest BCUT2D eigenvalue weighted by Crippen LogP contribution is 2.18. The van der Waals surface area contributed by atoms with Crippen LogP contribution in [-0.4, -0.2) is 85.0 Å². The number of fused-ring (bicyclic) bond motifs is 1. The van der Waals surface area contributed by atoms with E-state index in [1.54, 1.807) is 6.07 Å². The Hall–Kier alpha value is -3.16. The normalized spacial score (nSPS) is 20.1. The summed E-state index contributed by atoms with van der Waals surface area (Å²) in [6.45, 7) is 5.61. The van der Waals surface area contributed by atoms with Crippen molar-refractivity contribution in [1.82, 2.24) is 14.7 Å². The largest absolute Gasteiger partial charge is 0.472 e. The molecule has 0 radical (unpaired) electrons. The number of amides is 2. The predicted octanol–water partition coefficient (Wildman–Crippen LogP) is 3.12. The highest BCUT2D eigenvalue weighted by Gasteiger charge is 2.28. The maximum Gasteiger partial charge on any atom is 0.257 e. The lowest BCUT2D eigenvalue weighted by Gasteiger charge is -2.35. The molecule has 2 aliphatic heterocycles. The van der Waals surface area contributed by atoms with Crippen molar-refractivity contribution >= 4 is 22.6 Å². The number of nitrogens with zero attached hydrogens (tertiary/aromatic N) is 3. The third kappa shape index (κ3) is 4.94. The van der Waals surface area contributed by atoms with Crippen LogP contribution in [0.1, 0.15) is 27.1 Å². The van der Waals surface area contributed by atoms with Gasteiger partial charge in [-0.3, -0.25) is 14.5 Å². The minimum atomic E-state index is -0.0302. The van der Waals surface area contributed by atoms with E-state index in [1.165, 1.54) is 12.5 Å². The Kier molecular flexibility index (Phi) is 6.41. The number of rotatable bonds is 4. The highest BCUT2D eigenvalue weighted by atomic mass is 16.5. The summed E-state index contributed by atoms with van der Waals surface area (Å²) in [4.78, 5) is 31.9. The summed E-state index contributed by atoms with van der Waals surface area (Å²) in [6.07, 6.45) is 3.90. The van der Waals surface area contributed by atoms with Gasteiger partial charge in [0.25, 0.3) is 11.8 Å². The summed E-state index contributed by atoms with van der Waals surface area (Å²) < 4.78 is 11.0. The van der Waals surface area contributed by atoms with E-state index in [0.29, 0.717) is 31.8 Å². The fraction of sp³-hybridized carbons (Fsp3) is 0.385. The summed E-state index contributed by atoms with van der Waals surface area (Å²) in [5.41, 5.74) is 1.32. The molecule has 2 aromatic carbocycles. The Morgan fingerprint density at radius 2 is 1.70 bits per heavy atom. The fourth-order valence-corrected chi connectivity index (χ4v) is 4.73. The second-order valence-electron chi connectivity index (χ2n) is 8.76. The first kappa shape index (κ1) is 21.7. The zero-order valence-corrected chi connectivity index (χ0v) is 18.7. The Labute approximate surface area is 193 Å². The van der Waals surface area contributed by atoms with Crippen LogP contribution >= 0.6 is 0 Å². The van der Waals surface area contributed by atoms with Crippen LogP contribution in [0.4, 0.5) is 0 Å². The van der Waals surface area contributed by atoms with Gasteiger partial charge in [-0.15, -0.1) is 0 Å². The van der Waals surface area contributed by atoms with E-state index in [0.717, 1.165) is 48.9 Å². The van der Waals surface area contributed by atoms with E-state index in [2.05, 4.69) is 11.0 Å². The molecule has 3 aromatic rings. The summed E-state index contributed by atoms with van der Waals surface area (Å²) >= 11 is 0. The Balaban J connectivity index is 1.17. The molecule has 7 nitrogen and oxygen atoms in total. The quantitative estimate of drug-likeness (QED) is 0.615. The molecule has 5 rings (SSSR count). The summed E-state index contributed by atoms with van der Waals surface area (Å²) in [6, 6.07) is 15.7. The van der Waals surface area contributed by atoms with Crippen molar-refractivity contribution in [3.8, 4) is 0 Å². The third-order valence-electron chi connectivity index (χ3n) is 6.53. The lowest BCUT2D eigenvalue weighted by Crippen LogP contribution is -2.50. The Morgan fingerprint density at radius 1 is 0.848 bits per heavy atom. The van der Waals surface area contributed by atoms with Crippen LogP contribution in [0.5, 0.6) is 0 Å². The minimum absolute atomic E-state index is 0.0138. The first-order valence-electron chi connectivity index (χ1n) is 11.6. The number of carbonyl (C=O) groups is 2. The van der Waals surface area contributed by atoms with Gasteiger partial charge in [-0.2, -0.15) is 0 Å². The number of hydrogen-bond donors (Lipinski definition) is 0. The van der Waals surface area contributed by atoms with Crippen molar-refractivity contribution in [2.45, 2.75) is 12.5 Å². The summed E-state index contributed by atoms with van der Waals surface area (Å²) in [7, 11) is 0. The zero-order chi connectivity index (χ0) is 22.6. The molecule has 1 aromatic heterocycles. The number of benzene rings is 2. The maximum atomic E-state index is 13.2. The summed E-state index contributed by atoms with van der Waals surface area (Å²) in [5.74, 6) is 0.0773. The summed E-state index contributed by atoms with van der Waals surface area (Å²) in [5, 5.41) is 2.23. The molecule has 172 valence electrons. The van der Waals surface area contributed by atoms with E-state index in [1.807, 2.05) is 46.2 Å². The molecule has 0 aliphatic carbocycles.